The van der Waals surface area contributed by atoms with E-state index in [0.29, 0.717) is 25.6 Å². The molecule has 5 heteroatoms. The number of benzene rings is 1. The highest BCUT2D eigenvalue weighted by atomic mass is 16.6. The molecule has 5 nitrogen and oxygen atoms in total. The lowest BCUT2D eigenvalue weighted by Gasteiger charge is -2.47. The number of nitrogens with zero attached hydrogens (tertiary/aromatic N) is 2. The third-order valence-corrected chi connectivity index (χ3v) is 4.34. The number of aliphatic hydroxyl groups is 1. The summed E-state index contributed by atoms with van der Waals surface area (Å²) >= 11 is 0. The van der Waals surface area contributed by atoms with E-state index in [1.807, 2.05) is 6.07 Å². The second-order valence-corrected chi connectivity index (χ2v) is 5.84. The monoisotopic (exact) mass is 262 g/mol. The molecule has 3 rings (SSSR count). The third kappa shape index (κ3) is 2.24. The van der Waals surface area contributed by atoms with Crippen LogP contribution in [0.15, 0.2) is 18.2 Å². The molecule has 1 saturated heterocycles. The van der Waals surface area contributed by atoms with E-state index >= 15 is 0 Å². The van der Waals surface area contributed by atoms with Gasteiger partial charge in [-0.2, -0.15) is 0 Å². The van der Waals surface area contributed by atoms with E-state index in [-0.39, 0.29) is 10.6 Å². The summed E-state index contributed by atoms with van der Waals surface area (Å²) in [6.07, 6.45) is 2.28. The second-order valence-electron chi connectivity index (χ2n) is 5.84. The van der Waals surface area contributed by atoms with Crippen LogP contribution < -0.4 is 0 Å². The molecule has 1 aliphatic carbocycles. The first-order chi connectivity index (χ1) is 8.99. The van der Waals surface area contributed by atoms with Gasteiger partial charge < -0.3 is 5.11 Å². The predicted octanol–water partition coefficient (Wildman–Crippen LogP) is 1.86. The number of β-amino-alcohol motifs (C(OH)–C–C–N with tert-alkyl or cyclic N) is 1. The normalized spacial score (nSPS) is 22.0. The van der Waals surface area contributed by atoms with Gasteiger partial charge in [-0.25, -0.2) is 0 Å². The van der Waals surface area contributed by atoms with Crippen LogP contribution in [0.3, 0.4) is 0 Å². The standard InChI is InChI=1S/C14H18N2O3/c1-10-11(3-2-4-13(10)16(18)19)7-15-8-14(17,9-15)12-5-6-12/h2-4,12,17H,5-9H2,1H3. The Labute approximate surface area is 112 Å². The van der Waals surface area contributed by atoms with Gasteiger partial charge in [-0.3, -0.25) is 15.0 Å². The zero-order chi connectivity index (χ0) is 13.6. The minimum atomic E-state index is -0.491. The number of hydrogen-bond acceptors (Lipinski definition) is 4. The maximum Gasteiger partial charge on any atom is 0.272 e. The van der Waals surface area contributed by atoms with Crippen LogP contribution in [0.25, 0.3) is 0 Å². The molecule has 19 heavy (non-hydrogen) atoms. The summed E-state index contributed by atoms with van der Waals surface area (Å²) in [6, 6.07) is 5.19. The van der Waals surface area contributed by atoms with Gasteiger partial charge >= 0.3 is 0 Å². The molecule has 1 aliphatic heterocycles. The topological polar surface area (TPSA) is 66.6 Å². The molecule has 1 N–H and O–H groups in total. The van der Waals surface area contributed by atoms with E-state index in [1.54, 1.807) is 13.0 Å². The maximum atomic E-state index is 10.9. The fraction of sp³-hybridized carbons (Fsp3) is 0.571. The molecule has 2 aliphatic rings. The van der Waals surface area contributed by atoms with Gasteiger partial charge in [0, 0.05) is 31.3 Å². The highest BCUT2D eigenvalue weighted by Crippen LogP contribution is 2.44. The zero-order valence-corrected chi connectivity index (χ0v) is 11.0. The number of nitro groups is 1. The first-order valence-corrected chi connectivity index (χ1v) is 6.67. The molecule has 0 aromatic heterocycles. The Morgan fingerprint density at radius 3 is 2.74 bits per heavy atom. The molecule has 102 valence electrons. The highest BCUT2D eigenvalue weighted by Gasteiger charge is 2.51. The molecule has 1 heterocycles. The lowest BCUT2D eigenvalue weighted by atomic mass is 9.88. The molecule has 0 unspecified atom stereocenters. The summed E-state index contributed by atoms with van der Waals surface area (Å²) in [6.45, 7) is 3.86. The van der Waals surface area contributed by atoms with Gasteiger partial charge in [0.1, 0.15) is 0 Å². The number of rotatable bonds is 4. The van der Waals surface area contributed by atoms with Crippen LogP contribution in [0.2, 0.25) is 0 Å². The van der Waals surface area contributed by atoms with Crippen LogP contribution in [-0.4, -0.2) is 33.6 Å². The molecule has 1 saturated carbocycles. The molecular formula is C14H18N2O3. The van der Waals surface area contributed by atoms with Crippen LogP contribution in [0.4, 0.5) is 5.69 Å². The fourth-order valence-electron chi connectivity index (χ4n) is 3.00. The summed E-state index contributed by atoms with van der Waals surface area (Å²) in [4.78, 5) is 12.7. The van der Waals surface area contributed by atoms with Crippen molar-refractivity contribution in [1.82, 2.24) is 4.90 Å². The van der Waals surface area contributed by atoms with Crippen molar-refractivity contribution in [2.75, 3.05) is 13.1 Å². The molecule has 0 amide bonds. The largest absolute Gasteiger partial charge is 0.387 e. The van der Waals surface area contributed by atoms with E-state index in [2.05, 4.69) is 4.90 Å². The molecule has 0 bridgehead atoms. The Hall–Kier alpha value is -1.46. The first-order valence-electron chi connectivity index (χ1n) is 6.67. The van der Waals surface area contributed by atoms with Gasteiger partial charge in [-0.05, 0) is 31.2 Å². The minimum Gasteiger partial charge on any atom is -0.387 e. The minimum absolute atomic E-state index is 0.176. The van der Waals surface area contributed by atoms with Crippen molar-refractivity contribution < 1.29 is 10.0 Å². The van der Waals surface area contributed by atoms with Crippen LogP contribution in [0.1, 0.15) is 24.0 Å². The van der Waals surface area contributed by atoms with Crippen molar-refractivity contribution in [2.24, 2.45) is 5.92 Å². The lowest BCUT2D eigenvalue weighted by Crippen LogP contribution is -2.62. The van der Waals surface area contributed by atoms with Gasteiger partial charge in [0.05, 0.1) is 10.5 Å². The van der Waals surface area contributed by atoms with E-state index in [9.17, 15) is 15.2 Å². The summed E-state index contributed by atoms with van der Waals surface area (Å²) in [7, 11) is 0. The number of nitro benzene ring substituents is 1. The van der Waals surface area contributed by atoms with Crippen LogP contribution >= 0.6 is 0 Å². The van der Waals surface area contributed by atoms with Crippen molar-refractivity contribution in [3.8, 4) is 0 Å². The van der Waals surface area contributed by atoms with Crippen molar-refractivity contribution in [3.63, 3.8) is 0 Å². The average molecular weight is 262 g/mol. The van der Waals surface area contributed by atoms with E-state index in [0.717, 1.165) is 24.0 Å². The Bertz CT molecular complexity index is 519. The summed E-state index contributed by atoms with van der Waals surface area (Å²) in [5.74, 6) is 0.481. The average Bonchev–Trinajstić information content (AvgIpc) is 3.13. The molecule has 0 atom stereocenters. The van der Waals surface area contributed by atoms with Crippen LogP contribution in [0.5, 0.6) is 0 Å². The fourth-order valence-corrected chi connectivity index (χ4v) is 3.00. The number of likely N-dealkylation sites (tertiary alicyclic amines) is 1. The lowest BCUT2D eigenvalue weighted by molar-refractivity contribution is -0.385. The van der Waals surface area contributed by atoms with Crippen molar-refractivity contribution in [2.45, 2.75) is 31.9 Å². The van der Waals surface area contributed by atoms with Crippen LogP contribution in [0, 0.1) is 23.0 Å². The van der Waals surface area contributed by atoms with E-state index in [4.69, 9.17) is 0 Å². The Morgan fingerprint density at radius 1 is 1.47 bits per heavy atom. The zero-order valence-electron chi connectivity index (χ0n) is 11.0. The molecule has 2 fully saturated rings. The quantitative estimate of drug-likeness (QED) is 0.664. The van der Waals surface area contributed by atoms with Gasteiger partial charge in [-0.15, -0.1) is 0 Å². The van der Waals surface area contributed by atoms with Gasteiger partial charge in [0.2, 0.25) is 0 Å². The molecule has 0 radical (unpaired) electrons. The smallest absolute Gasteiger partial charge is 0.272 e. The Morgan fingerprint density at radius 2 is 2.16 bits per heavy atom. The third-order valence-electron chi connectivity index (χ3n) is 4.34. The van der Waals surface area contributed by atoms with Gasteiger partial charge in [0.15, 0.2) is 0 Å². The highest BCUT2D eigenvalue weighted by molar-refractivity contribution is 5.44. The van der Waals surface area contributed by atoms with Crippen molar-refractivity contribution in [3.05, 3.63) is 39.4 Å². The molecule has 1 aromatic rings. The molecule has 1 aromatic carbocycles. The predicted molar refractivity (Wildman–Crippen MR) is 70.8 cm³/mol. The second kappa shape index (κ2) is 4.28. The van der Waals surface area contributed by atoms with Gasteiger partial charge in [-0.1, -0.05) is 12.1 Å². The van der Waals surface area contributed by atoms with E-state index < -0.39 is 5.60 Å². The summed E-state index contributed by atoms with van der Waals surface area (Å²) in [5, 5.41) is 21.2. The summed E-state index contributed by atoms with van der Waals surface area (Å²) < 4.78 is 0. The van der Waals surface area contributed by atoms with Gasteiger partial charge in [0.25, 0.3) is 5.69 Å². The Balaban J connectivity index is 1.68. The first kappa shape index (κ1) is 12.6. The summed E-state index contributed by atoms with van der Waals surface area (Å²) in [5.41, 5.74) is 1.39. The maximum absolute atomic E-state index is 10.9. The number of hydrogen-bond donors (Lipinski definition) is 1. The van der Waals surface area contributed by atoms with E-state index in [1.165, 1.54) is 6.07 Å². The van der Waals surface area contributed by atoms with Crippen LogP contribution in [-0.2, 0) is 6.54 Å². The molecule has 0 spiro atoms. The SMILES string of the molecule is Cc1c(CN2CC(O)(C3CC3)C2)cccc1[N+](=O)[O-]. The van der Waals surface area contributed by atoms with Crippen molar-refractivity contribution >= 4 is 5.69 Å². The Kier molecular flexibility index (Phi) is 2.83. The van der Waals surface area contributed by atoms with Crippen molar-refractivity contribution in [1.29, 1.82) is 0 Å². The molecular weight excluding hydrogens is 244 g/mol.